The predicted molar refractivity (Wildman–Crippen MR) is 61.9 cm³/mol. The summed E-state index contributed by atoms with van der Waals surface area (Å²) in [7, 11) is 0. The van der Waals surface area contributed by atoms with Crippen molar-refractivity contribution in [3.63, 3.8) is 0 Å². The first-order valence-corrected chi connectivity index (χ1v) is 5.64. The van der Waals surface area contributed by atoms with Crippen molar-refractivity contribution in [2.24, 2.45) is 5.92 Å². The van der Waals surface area contributed by atoms with Gasteiger partial charge in [0, 0.05) is 18.2 Å². The highest BCUT2D eigenvalue weighted by Gasteiger charge is 2.22. The lowest BCUT2D eigenvalue weighted by Crippen LogP contribution is -2.45. The summed E-state index contributed by atoms with van der Waals surface area (Å²) in [5, 5.41) is 10.9. The van der Waals surface area contributed by atoms with Crippen LogP contribution in [0.4, 0.5) is 0 Å². The van der Waals surface area contributed by atoms with Crippen molar-refractivity contribution < 1.29 is 4.79 Å². The van der Waals surface area contributed by atoms with Crippen LogP contribution in [0.15, 0.2) is 12.4 Å². The number of carbonyl (C=O) groups is 1. The molecule has 1 heterocycles. The lowest BCUT2D eigenvalue weighted by atomic mass is 10.0. The van der Waals surface area contributed by atoms with Gasteiger partial charge in [-0.3, -0.25) is 9.48 Å². The Morgan fingerprint density at radius 2 is 2.06 bits per heavy atom. The maximum Gasteiger partial charge on any atom is 0.154 e. The lowest BCUT2D eigenvalue weighted by molar-refractivity contribution is -0.124. The minimum Gasteiger partial charge on any atom is -0.304 e. The van der Waals surface area contributed by atoms with Gasteiger partial charge in [-0.25, -0.2) is 0 Å². The molecule has 1 atom stereocenters. The van der Waals surface area contributed by atoms with Gasteiger partial charge in [-0.2, -0.15) is 0 Å². The average Bonchev–Trinajstić information content (AvgIpc) is 2.67. The highest BCUT2D eigenvalue weighted by molar-refractivity contribution is 5.85. The molecule has 0 saturated carbocycles. The smallest absolute Gasteiger partial charge is 0.154 e. The van der Waals surface area contributed by atoms with Crippen molar-refractivity contribution in [3.8, 4) is 0 Å². The summed E-state index contributed by atoms with van der Waals surface area (Å²) < 4.78 is 1.68. The second-order valence-electron chi connectivity index (χ2n) is 4.56. The van der Waals surface area contributed by atoms with Crippen LogP contribution in [0, 0.1) is 5.92 Å². The Balaban J connectivity index is 2.67. The largest absolute Gasteiger partial charge is 0.304 e. The molecule has 1 rings (SSSR count). The summed E-state index contributed by atoms with van der Waals surface area (Å²) in [5.41, 5.74) is 0. The molecule has 0 fully saturated rings. The Bertz CT molecular complexity index is 319. The monoisotopic (exact) mass is 224 g/mol. The van der Waals surface area contributed by atoms with Crippen molar-refractivity contribution in [3.05, 3.63) is 12.4 Å². The fourth-order valence-electron chi connectivity index (χ4n) is 1.55. The molecule has 16 heavy (non-hydrogen) atoms. The van der Waals surface area contributed by atoms with Crippen molar-refractivity contribution in [1.29, 1.82) is 0 Å². The van der Waals surface area contributed by atoms with Gasteiger partial charge in [0.05, 0.1) is 18.8 Å². The van der Waals surface area contributed by atoms with Crippen molar-refractivity contribution in [1.82, 2.24) is 20.3 Å². The zero-order valence-corrected chi connectivity index (χ0v) is 10.3. The summed E-state index contributed by atoms with van der Waals surface area (Å²) >= 11 is 0. The van der Waals surface area contributed by atoms with Gasteiger partial charge >= 0.3 is 0 Å². The van der Waals surface area contributed by atoms with Crippen LogP contribution in [0.5, 0.6) is 0 Å². The van der Waals surface area contributed by atoms with Crippen LogP contribution >= 0.6 is 0 Å². The Labute approximate surface area is 96.2 Å². The molecule has 0 amide bonds. The zero-order valence-electron chi connectivity index (χ0n) is 10.3. The van der Waals surface area contributed by atoms with Gasteiger partial charge in [0.2, 0.25) is 0 Å². The van der Waals surface area contributed by atoms with Crippen LogP contribution in [-0.4, -0.2) is 32.9 Å². The van der Waals surface area contributed by atoms with E-state index in [0.717, 1.165) is 0 Å². The first kappa shape index (κ1) is 12.8. The number of hydrogen-bond acceptors (Lipinski definition) is 4. The molecule has 5 nitrogen and oxygen atoms in total. The molecule has 1 unspecified atom stereocenters. The molecule has 5 heteroatoms. The lowest BCUT2D eigenvalue weighted by Gasteiger charge is -2.21. The summed E-state index contributed by atoms with van der Waals surface area (Å²) in [6, 6.07) is 0.0814. The number of hydrogen-bond donors (Lipinski definition) is 1. The Morgan fingerprint density at radius 3 is 2.50 bits per heavy atom. The van der Waals surface area contributed by atoms with Gasteiger partial charge < -0.3 is 5.32 Å². The maximum absolute atomic E-state index is 12.0. The minimum atomic E-state index is -0.193. The fourth-order valence-corrected chi connectivity index (χ4v) is 1.55. The van der Waals surface area contributed by atoms with E-state index >= 15 is 0 Å². The molecule has 0 saturated heterocycles. The molecule has 0 aliphatic carbocycles. The number of aromatic nitrogens is 3. The van der Waals surface area contributed by atoms with Crippen LogP contribution in [-0.2, 0) is 11.3 Å². The van der Waals surface area contributed by atoms with Crippen LogP contribution in [0.25, 0.3) is 0 Å². The highest BCUT2D eigenvalue weighted by Crippen LogP contribution is 2.03. The molecule has 1 N–H and O–H groups in total. The van der Waals surface area contributed by atoms with Gasteiger partial charge in [-0.15, -0.1) is 5.10 Å². The Kier molecular flexibility index (Phi) is 4.61. The standard InChI is InChI=1S/C11H20N4O/c1-8(2)11(16)10(13-9(3)4)7-15-6-5-12-14-15/h5-6,8-10,13H,7H2,1-4H3. The quantitative estimate of drug-likeness (QED) is 0.779. The maximum atomic E-state index is 12.0. The molecular weight excluding hydrogens is 204 g/mol. The SMILES string of the molecule is CC(C)NC(Cn1ccnn1)C(=O)C(C)C. The van der Waals surface area contributed by atoms with Gasteiger partial charge in [0.15, 0.2) is 5.78 Å². The first-order chi connectivity index (χ1) is 7.50. The van der Waals surface area contributed by atoms with E-state index in [1.807, 2.05) is 27.7 Å². The molecule has 1 aromatic rings. The number of nitrogens with one attached hydrogen (secondary N) is 1. The zero-order chi connectivity index (χ0) is 12.1. The Morgan fingerprint density at radius 1 is 1.38 bits per heavy atom. The van der Waals surface area contributed by atoms with E-state index in [4.69, 9.17) is 0 Å². The van der Waals surface area contributed by atoms with Gasteiger partial charge in [-0.05, 0) is 0 Å². The second kappa shape index (κ2) is 5.75. The summed E-state index contributed by atoms with van der Waals surface area (Å²) in [4.78, 5) is 12.0. The third kappa shape index (κ3) is 3.73. The van der Waals surface area contributed by atoms with Gasteiger partial charge in [0.1, 0.15) is 0 Å². The topological polar surface area (TPSA) is 59.8 Å². The molecule has 0 aliphatic rings. The van der Waals surface area contributed by atoms with E-state index in [1.165, 1.54) is 0 Å². The fraction of sp³-hybridized carbons (Fsp3) is 0.727. The third-order valence-electron chi connectivity index (χ3n) is 2.29. The van der Waals surface area contributed by atoms with E-state index in [1.54, 1.807) is 17.1 Å². The van der Waals surface area contributed by atoms with Crippen molar-refractivity contribution in [2.75, 3.05) is 0 Å². The molecule has 0 aromatic carbocycles. The molecule has 0 bridgehead atoms. The van der Waals surface area contributed by atoms with Crippen LogP contribution in [0.2, 0.25) is 0 Å². The van der Waals surface area contributed by atoms with E-state index < -0.39 is 0 Å². The molecule has 0 radical (unpaired) electrons. The Hall–Kier alpha value is -1.23. The molecule has 1 aromatic heterocycles. The van der Waals surface area contributed by atoms with E-state index in [2.05, 4.69) is 15.6 Å². The van der Waals surface area contributed by atoms with Crippen LogP contribution < -0.4 is 5.32 Å². The first-order valence-electron chi connectivity index (χ1n) is 5.64. The van der Waals surface area contributed by atoms with E-state index in [0.29, 0.717) is 6.54 Å². The van der Waals surface area contributed by atoms with Crippen LogP contribution in [0.1, 0.15) is 27.7 Å². The summed E-state index contributed by atoms with van der Waals surface area (Å²) in [5.74, 6) is 0.240. The van der Waals surface area contributed by atoms with Gasteiger partial charge in [-0.1, -0.05) is 32.9 Å². The molecule has 90 valence electrons. The molecule has 0 spiro atoms. The van der Waals surface area contributed by atoms with Gasteiger partial charge in [0.25, 0.3) is 0 Å². The highest BCUT2D eigenvalue weighted by atomic mass is 16.1. The minimum absolute atomic E-state index is 0.0276. The van der Waals surface area contributed by atoms with Crippen molar-refractivity contribution in [2.45, 2.75) is 46.3 Å². The number of nitrogens with zero attached hydrogens (tertiary/aromatic N) is 3. The number of rotatable bonds is 6. The van der Waals surface area contributed by atoms with Crippen molar-refractivity contribution >= 4 is 5.78 Å². The number of carbonyl (C=O) groups excluding carboxylic acids is 1. The summed E-state index contributed by atoms with van der Waals surface area (Å²) in [6.45, 7) is 8.43. The van der Waals surface area contributed by atoms with E-state index in [9.17, 15) is 4.79 Å². The van der Waals surface area contributed by atoms with Crippen LogP contribution in [0.3, 0.4) is 0 Å². The molecule has 0 aliphatic heterocycles. The summed E-state index contributed by atoms with van der Waals surface area (Å²) in [6.07, 6.45) is 3.38. The number of ketones is 1. The van der Waals surface area contributed by atoms with E-state index in [-0.39, 0.29) is 23.8 Å². The third-order valence-corrected chi connectivity index (χ3v) is 2.29. The molecular formula is C11H20N4O. The predicted octanol–water partition coefficient (Wildman–Crippen LogP) is 0.870. The average molecular weight is 224 g/mol. The number of Topliss-reactive ketones (excluding diaryl/α,β-unsaturated/α-hetero) is 1. The second-order valence-corrected chi connectivity index (χ2v) is 4.56. The normalized spacial score (nSPS) is 13.4.